The third kappa shape index (κ3) is 4.66. The molecule has 6 heteroatoms. The number of ether oxygens (including phenoxy) is 1. The minimum Gasteiger partial charge on any atom is -0.465 e. The predicted octanol–water partition coefficient (Wildman–Crippen LogP) is 2.45. The molecule has 6 nitrogen and oxygen atoms in total. The molecule has 1 saturated heterocycles. The van der Waals surface area contributed by atoms with E-state index in [2.05, 4.69) is 5.32 Å². The fourth-order valence-corrected chi connectivity index (χ4v) is 2.44. The number of nitrogens with zero attached hydrogens (tertiary/aromatic N) is 1. The van der Waals surface area contributed by atoms with Crippen molar-refractivity contribution >= 4 is 12.2 Å². The summed E-state index contributed by atoms with van der Waals surface area (Å²) >= 11 is 0. The average Bonchev–Trinajstić information content (AvgIpc) is 2.52. The van der Waals surface area contributed by atoms with E-state index >= 15 is 0 Å². The molecule has 1 aliphatic rings. The fourth-order valence-electron chi connectivity index (χ4n) is 2.44. The summed E-state index contributed by atoms with van der Waals surface area (Å²) in [5.74, 6) is 0. The summed E-state index contributed by atoms with van der Waals surface area (Å²) in [7, 11) is 0. The highest BCUT2D eigenvalue weighted by atomic mass is 16.5. The van der Waals surface area contributed by atoms with Gasteiger partial charge in [-0.25, -0.2) is 9.59 Å². The Bertz CT molecular complexity index is 478. The van der Waals surface area contributed by atoms with Crippen LogP contribution in [0, 0.1) is 0 Å². The van der Waals surface area contributed by atoms with Crippen LogP contribution in [0.1, 0.15) is 24.8 Å². The van der Waals surface area contributed by atoms with Crippen LogP contribution in [0.3, 0.4) is 0 Å². The molecule has 1 aromatic rings. The zero-order chi connectivity index (χ0) is 15.1. The first-order valence-corrected chi connectivity index (χ1v) is 7.11. The standard InChI is InChI=1S/C15H20N2O4/c18-14(21-11-12-6-2-1-3-7-12)16-10-13-8-4-5-9-17(13)15(19)20/h1-3,6-7,13H,4-5,8-11H2,(H,16,18)(H,19,20)/t13-/m0/s1. The maximum atomic E-state index is 11.6. The minimum absolute atomic E-state index is 0.166. The number of hydrogen-bond acceptors (Lipinski definition) is 3. The van der Waals surface area contributed by atoms with Crippen LogP contribution in [0.2, 0.25) is 0 Å². The monoisotopic (exact) mass is 292 g/mol. The van der Waals surface area contributed by atoms with Gasteiger partial charge in [0.1, 0.15) is 6.61 Å². The van der Waals surface area contributed by atoms with E-state index in [9.17, 15) is 9.59 Å². The van der Waals surface area contributed by atoms with Crippen LogP contribution >= 0.6 is 0 Å². The van der Waals surface area contributed by atoms with E-state index < -0.39 is 12.2 Å². The van der Waals surface area contributed by atoms with Crippen molar-refractivity contribution in [2.24, 2.45) is 0 Å². The SMILES string of the molecule is O=C(NC[C@@H]1CCCCN1C(=O)O)OCc1ccccc1. The maximum absolute atomic E-state index is 11.6. The van der Waals surface area contributed by atoms with Crippen LogP contribution < -0.4 is 5.32 Å². The average molecular weight is 292 g/mol. The second kappa shape index (κ2) is 7.52. The maximum Gasteiger partial charge on any atom is 0.407 e. The van der Waals surface area contributed by atoms with Crippen LogP contribution in [0.4, 0.5) is 9.59 Å². The molecule has 1 aliphatic heterocycles. The molecule has 0 saturated carbocycles. The van der Waals surface area contributed by atoms with Crippen molar-refractivity contribution in [2.75, 3.05) is 13.1 Å². The Morgan fingerprint density at radius 2 is 2.05 bits per heavy atom. The second-order valence-corrected chi connectivity index (χ2v) is 5.07. The third-order valence-electron chi connectivity index (χ3n) is 3.57. The Kier molecular flexibility index (Phi) is 5.43. The highest BCUT2D eigenvalue weighted by molar-refractivity contribution is 5.68. The van der Waals surface area contributed by atoms with Crippen LogP contribution in [0.25, 0.3) is 0 Å². The lowest BCUT2D eigenvalue weighted by Gasteiger charge is -2.33. The van der Waals surface area contributed by atoms with Gasteiger partial charge in [0.2, 0.25) is 0 Å². The lowest BCUT2D eigenvalue weighted by atomic mass is 10.0. The number of carbonyl (C=O) groups excluding carboxylic acids is 1. The molecule has 1 atom stereocenters. The first kappa shape index (κ1) is 15.2. The van der Waals surface area contributed by atoms with Gasteiger partial charge < -0.3 is 20.1 Å². The Morgan fingerprint density at radius 3 is 2.76 bits per heavy atom. The van der Waals surface area contributed by atoms with E-state index in [0.717, 1.165) is 24.8 Å². The highest BCUT2D eigenvalue weighted by Gasteiger charge is 2.26. The van der Waals surface area contributed by atoms with Crippen LogP contribution in [-0.4, -0.2) is 41.3 Å². The van der Waals surface area contributed by atoms with Gasteiger partial charge >= 0.3 is 12.2 Å². The Morgan fingerprint density at radius 1 is 1.29 bits per heavy atom. The van der Waals surface area contributed by atoms with E-state index in [-0.39, 0.29) is 12.6 Å². The van der Waals surface area contributed by atoms with Gasteiger partial charge in [-0.2, -0.15) is 0 Å². The molecule has 1 fully saturated rings. The number of rotatable bonds is 4. The fraction of sp³-hybridized carbons (Fsp3) is 0.467. The molecule has 1 aromatic carbocycles. The molecule has 0 aliphatic carbocycles. The van der Waals surface area contributed by atoms with Crippen molar-refractivity contribution in [3.05, 3.63) is 35.9 Å². The lowest BCUT2D eigenvalue weighted by Crippen LogP contribution is -2.48. The first-order valence-electron chi connectivity index (χ1n) is 7.11. The zero-order valence-electron chi connectivity index (χ0n) is 11.8. The number of carbonyl (C=O) groups is 2. The summed E-state index contributed by atoms with van der Waals surface area (Å²) in [5.41, 5.74) is 0.914. The topological polar surface area (TPSA) is 78.9 Å². The molecule has 0 spiro atoms. The van der Waals surface area contributed by atoms with Gasteiger partial charge in [0.25, 0.3) is 0 Å². The normalized spacial score (nSPS) is 18.1. The van der Waals surface area contributed by atoms with E-state index in [1.807, 2.05) is 30.3 Å². The quantitative estimate of drug-likeness (QED) is 0.893. The van der Waals surface area contributed by atoms with Crippen LogP contribution in [-0.2, 0) is 11.3 Å². The summed E-state index contributed by atoms with van der Waals surface area (Å²) in [6, 6.07) is 9.24. The number of piperidine rings is 1. The second-order valence-electron chi connectivity index (χ2n) is 5.07. The predicted molar refractivity (Wildman–Crippen MR) is 77.0 cm³/mol. The molecule has 2 amide bonds. The minimum atomic E-state index is -0.931. The number of carboxylic acid groups (broad SMARTS) is 1. The summed E-state index contributed by atoms with van der Waals surface area (Å²) in [6.45, 7) is 1.03. The van der Waals surface area contributed by atoms with Crippen molar-refractivity contribution in [3.8, 4) is 0 Å². The Balaban J connectivity index is 1.74. The largest absolute Gasteiger partial charge is 0.465 e. The van der Waals surface area contributed by atoms with Gasteiger partial charge in [-0.3, -0.25) is 0 Å². The van der Waals surface area contributed by atoms with E-state index in [1.165, 1.54) is 4.90 Å². The van der Waals surface area contributed by atoms with Crippen LogP contribution in [0.15, 0.2) is 30.3 Å². The van der Waals surface area contributed by atoms with Gasteiger partial charge in [-0.15, -0.1) is 0 Å². The molecular formula is C15H20N2O4. The lowest BCUT2D eigenvalue weighted by molar-refractivity contribution is 0.101. The van der Waals surface area contributed by atoms with Gasteiger partial charge in [-0.1, -0.05) is 30.3 Å². The van der Waals surface area contributed by atoms with E-state index in [0.29, 0.717) is 13.1 Å². The van der Waals surface area contributed by atoms with Crippen molar-refractivity contribution in [1.29, 1.82) is 0 Å². The highest BCUT2D eigenvalue weighted by Crippen LogP contribution is 2.16. The molecule has 0 aromatic heterocycles. The number of alkyl carbamates (subject to hydrolysis) is 1. The molecule has 21 heavy (non-hydrogen) atoms. The van der Waals surface area contributed by atoms with Crippen molar-refractivity contribution in [2.45, 2.75) is 31.9 Å². The van der Waals surface area contributed by atoms with Crippen LogP contribution in [0.5, 0.6) is 0 Å². The molecule has 2 rings (SSSR count). The molecule has 1 heterocycles. The molecule has 2 N–H and O–H groups in total. The summed E-state index contributed by atoms with van der Waals surface area (Å²) in [5, 5.41) is 11.7. The summed E-state index contributed by atoms with van der Waals surface area (Å²) in [6.07, 6.45) is 1.18. The number of hydrogen-bond donors (Lipinski definition) is 2. The number of amides is 2. The van der Waals surface area contributed by atoms with Gasteiger partial charge in [0.15, 0.2) is 0 Å². The number of nitrogens with one attached hydrogen (secondary N) is 1. The molecule has 0 unspecified atom stereocenters. The van der Waals surface area contributed by atoms with Crippen molar-refractivity contribution in [3.63, 3.8) is 0 Å². The Labute approximate surface area is 123 Å². The number of likely N-dealkylation sites (tertiary alicyclic amines) is 1. The smallest absolute Gasteiger partial charge is 0.407 e. The summed E-state index contributed by atoms with van der Waals surface area (Å²) < 4.78 is 5.10. The molecular weight excluding hydrogens is 272 g/mol. The van der Waals surface area contributed by atoms with E-state index in [4.69, 9.17) is 9.84 Å². The van der Waals surface area contributed by atoms with Gasteiger partial charge in [-0.05, 0) is 24.8 Å². The van der Waals surface area contributed by atoms with Crippen molar-refractivity contribution < 1.29 is 19.4 Å². The Hall–Kier alpha value is -2.24. The molecule has 0 radical (unpaired) electrons. The van der Waals surface area contributed by atoms with Crippen molar-refractivity contribution in [1.82, 2.24) is 10.2 Å². The van der Waals surface area contributed by atoms with E-state index in [1.54, 1.807) is 0 Å². The first-order chi connectivity index (χ1) is 10.2. The zero-order valence-corrected chi connectivity index (χ0v) is 11.8. The summed E-state index contributed by atoms with van der Waals surface area (Å²) in [4.78, 5) is 24.1. The third-order valence-corrected chi connectivity index (χ3v) is 3.57. The molecule has 0 bridgehead atoms. The molecule has 114 valence electrons. The van der Waals surface area contributed by atoms with Gasteiger partial charge in [0, 0.05) is 13.1 Å². The van der Waals surface area contributed by atoms with Gasteiger partial charge in [0.05, 0.1) is 6.04 Å². The number of benzene rings is 1.